The number of thiazole rings is 1. The van der Waals surface area contributed by atoms with Crippen molar-refractivity contribution in [3.8, 4) is 0 Å². The van der Waals surface area contributed by atoms with Crippen LogP contribution in [0.25, 0.3) is 0 Å². The molecule has 0 aliphatic heterocycles. The number of nitrogens with one attached hydrogen (secondary N) is 1. The molecule has 0 fully saturated rings. The molecule has 7 heteroatoms. The standard InChI is InChI=1S/C8H11N3O3S/c1-2-4(7(13)14)10-6(12)5-3-15-8(9)11-5/h3-4H,2H2,1H3,(H2,9,11)(H,10,12)(H,13,14). The molecule has 0 aliphatic rings. The smallest absolute Gasteiger partial charge is 0.326 e. The Morgan fingerprint density at radius 1 is 1.73 bits per heavy atom. The second kappa shape index (κ2) is 4.74. The van der Waals surface area contributed by atoms with E-state index in [-0.39, 0.29) is 10.8 Å². The van der Waals surface area contributed by atoms with Crippen LogP contribution >= 0.6 is 11.3 Å². The van der Waals surface area contributed by atoms with Gasteiger partial charge in [-0.05, 0) is 6.42 Å². The predicted molar refractivity (Wildman–Crippen MR) is 55.7 cm³/mol. The number of aliphatic carboxylic acids is 1. The molecule has 0 aromatic carbocycles. The van der Waals surface area contributed by atoms with Crippen molar-refractivity contribution in [1.82, 2.24) is 10.3 Å². The van der Waals surface area contributed by atoms with E-state index >= 15 is 0 Å². The zero-order chi connectivity index (χ0) is 11.4. The Morgan fingerprint density at radius 3 is 2.80 bits per heavy atom. The minimum absolute atomic E-state index is 0.150. The normalized spacial score (nSPS) is 12.1. The maximum Gasteiger partial charge on any atom is 0.326 e. The van der Waals surface area contributed by atoms with E-state index in [0.29, 0.717) is 6.42 Å². The molecule has 1 rings (SSSR count). The van der Waals surface area contributed by atoms with Crippen LogP contribution in [0.1, 0.15) is 23.8 Å². The zero-order valence-electron chi connectivity index (χ0n) is 8.06. The summed E-state index contributed by atoms with van der Waals surface area (Å²) >= 11 is 1.13. The van der Waals surface area contributed by atoms with E-state index in [1.165, 1.54) is 5.38 Å². The third kappa shape index (κ3) is 2.91. The summed E-state index contributed by atoms with van der Waals surface area (Å²) in [6.07, 6.45) is 0.320. The maximum absolute atomic E-state index is 11.4. The lowest BCUT2D eigenvalue weighted by molar-refractivity contribution is -0.139. The Morgan fingerprint density at radius 2 is 2.40 bits per heavy atom. The van der Waals surface area contributed by atoms with Gasteiger partial charge in [-0.1, -0.05) is 6.92 Å². The molecule has 0 aliphatic carbocycles. The molecule has 1 amide bonds. The second-order valence-corrected chi connectivity index (χ2v) is 3.73. The van der Waals surface area contributed by atoms with Crippen LogP contribution in [-0.4, -0.2) is 28.0 Å². The number of aromatic nitrogens is 1. The summed E-state index contributed by atoms with van der Waals surface area (Å²) in [6.45, 7) is 1.68. The number of hydrogen-bond acceptors (Lipinski definition) is 5. The van der Waals surface area contributed by atoms with E-state index in [0.717, 1.165) is 11.3 Å². The molecule has 15 heavy (non-hydrogen) atoms. The number of carbonyl (C=O) groups is 2. The Balaban J connectivity index is 2.66. The molecule has 4 N–H and O–H groups in total. The summed E-state index contributed by atoms with van der Waals surface area (Å²) in [4.78, 5) is 25.8. The Kier molecular flexibility index (Phi) is 3.62. The summed E-state index contributed by atoms with van der Waals surface area (Å²) in [7, 11) is 0. The Labute approximate surface area is 90.1 Å². The van der Waals surface area contributed by atoms with Crippen LogP contribution in [0.3, 0.4) is 0 Å². The third-order valence-corrected chi connectivity index (χ3v) is 2.44. The minimum Gasteiger partial charge on any atom is -0.480 e. The maximum atomic E-state index is 11.4. The lowest BCUT2D eigenvalue weighted by Gasteiger charge is -2.10. The molecule has 0 saturated heterocycles. The summed E-state index contributed by atoms with van der Waals surface area (Å²) in [5.41, 5.74) is 5.50. The first-order valence-corrected chi connectivity index (χ1v) is 5.17. The van der Waals surface area contributed by atoms with E-state index in [1.807, 2.05) is 0 Å². The van der Waals surface area contributed by atoms with Crippen LogP contribution in [0.15, 0.2) is 5.38 Å². The highest BCUT2D eigenvalue weighted by Gasteiger charge is 2.19. The van der Waals surface area contributed by atoms with Crippen molar-refractivity contribution in [2.45, 2.75) is 19.4 Å². The number of nitrogens with two attached hydrogens (primary N) is 1. The lowest BCUT2D eigenvalue weighted by Crippen LogP contribution is -2.40. The quantitative estimate of drug-likeness (QED) is 0.689. The van der Waals surface area contributed by atoms with Gasteiger partial charge in [0.25, 0.3) is 5.91 Å². The number of carboxylic acid groups (broad SMARTS) is 1. The second-order valence-electron chi connectivity index (χ2n) is 2.84. The number of carbonyl (C=O) groups excluding carboxylic acids is 1. The van der Waals surface area contributed by atoms with Crippen molar-refractivity contribution in [2.75, 3.05) is 5.73 Å². The highest BCUT2D eigenvalue weighted by Crippen LogP contribution is 2.10. The topological polar surface area (TPSA) is 105 Å². The minimum atomic E-state index is -1.06. The van der Waals surface area contributed by atoms with Crippen molar-refractivity contribution >= 4 is 28.3 Å². The van der Waals surface area contributed by atoms with Crippen molar-refractivity contribution in [1.29, 1.82) is 0 Å². The summed E-state index contributed by atoms with van der Waals surface area (Å²) in [5.74, 6) is -1.58. The lowest BCUT2D eigenvalue weighted by atomic mass is 10.2. The molecular formula is C8H11N3O3S. The number of rotatable bonds is 4. The van der Waals surface area contributed by atoms with Crippen molar-refractivity contribution in [3.05, 3.63) is 11.1 Å². The van der Waals surface area contributed by atoms with Gasteiger partial charge >= 0.3 is 5.97 Å². The molecule has 0 spiro atoms. The van der Waals surface area contributed by atoms with Crippen LogP contribution in [-0.2, 0) is 4.79 Å². The monoisotopic (exact) mass is 229 g/mol. The largest absolute Gasteiger partial charge is 0.480 e. The van der Waals surface area contributed by atoms with Crippen LogP contribution in [0.2, 0.25) is 0 Å². The van der Waals surface area contributed by atoms with Crippen molar-refractivity contribution in [3.63, 3.8) is 0 Å². The predicted octanol–water partition coefficient (Wildman–Crippen LogP) is 0.318. The number of nitrogens with zero attached hydrogens (tertiary/aromatic N) is 1. The number of amides is 1. The van der Waals surface area contributed by atoms with Crippen LogP contribution in [0, 0.1) is 0 Å². The molecule has 1 aromatic rings. The summed E-state index contributed by atoms with van der Waals surface area (Å²) < 4.78 is 0. The fraction of sp³-hybridized carbons (Fsp3) is 0.375. The first-order valence-electron chi connectivity index (χ1n) is 4.29. The SMILES string of the molecule is CCC(NC(=O)c1csc(N)n1)C(=O)O. The zero-order valence-corrected chi connectivity index (χ0v) is 8.87. The fourth-order valence-electron chi connectivity index (χ4n) is 0.963. The van der Waals surface area contributed by atoms with Gasteiger partial charge in [-0.3, -0.25) is 4.79 Å². The first-order chi connectivity index (χ1) is 7.04. The van der Waals surface area contributed by atoms with Crippen molar-refractivity contribution in [2.24, 2.45) is 0 Å². The van der Waals surface area contributed by atoms with E-state index < -0.39 is 17.9 Å². The molecule has 82 valence electrons. The van der Waals surface area contributed by atoms with Gasteiger partial charge in [0.1, 0.15) is 11.7 Å². The number of hydrogen-bond donors (Lipinski definition) is 3. The third-order valence-electron chi connectivity index (χ3n) is 1.77. The average Bonchev–Trinajstić information content (AvgIpc) is 2.60. The van der Waals surface area contributed by atoms with Crippen molar-refractivity contribution < 1.29 is 14.7 Å². The van der Waals surface area contributed by atoms with Crippen LogP contribution < -0.4 is 11.1 Å². The number of nitrogen functional groups attached to an aromatic ring is 1. The molecule has 6 nitrogen and oxygen atoms in total. The molecule has 1 atom stereocenters. The summed E-state index contributed by atoms with van der Waals surface area (Å²) in [5, 5.41) is 12.8. The van der Waals surface area contributed by atoms with Crippen LogP contribution in [0.5, 0.6) is 0 Å². The highest BCUT2D eigenvalue weighted by molar-refractivity contribution is 7.13. The van der Waals surface area contributed by atoms with Gasteiger partial charge in [0.2, 0.25) is 0 Å². The van der Waals surface area contributed by atoms with E-state index in [4.69, 9.17) is 10.8 Å². The average molecular weight is 229 g/mol. The van der Waals surface area contributed by atoms with E-state index in [9.17, 15) is 9.59 Å². The fourth-order valence-corrected chi connectivity index (χ4v) is 1.51. The Bertz CT molecular complexity index is 377. The van der Waals surface area contributed by atoms with Gasteiger partial charge in [0.05, 0.1) is 0 Å². The summed E-state index contributed by atoms with van der Waals surface area (Å²) in [6, 6.07) is -0.888. The van der Waals surface area contributed by atoms with Gasteiger partial charge in [-0.15, -0.1) is 11.3 Å². The van der Waals surface area contributed by atoms with E-state index in [1.54, 1.807) is 6.92 Å². The van der Waals surface area contributed by atoms with Crippen LogP contribution in [0.4, 0.5) is 5.13 Å². The molecule has 0 radical (unpaired) electrons. The first kappa shape index (κ1) is 11.4. The molecule has 1 heterocycles. The Hall–Kier alpha value is -1.63. The van der Waals surface area contributed by atoms with Gasteiger partial charge in [-0.25, -0.2) is 9.78 Å². The highest BCUT2D eigenvalue weighted by atomic mass is 32.1. The molecule has 0 bridgehead atoms. The molecule has 1 unspecified atom stereocenters. The molecule has 1 aromatic heterocycles. The van der Waals surface area contributed by atoms with Gasteiger partial charge in [0.15, 0.2) is 5.13 Å². The van der Waals surface area contributed by atoms with Gasteiger partial charge in [-0.2, -0.15) is 0 Å². The van der Waals surface area contributed by atoms with E-state index in [2.05, 4.69) is 10.3 Å². The number of carboxylic acids is 1. The van der Waals surface area contributed by atoms with Gasteiger partial charge in [0, 0.05) is 5.38 Å². The molecule has 0 saturated carbocycles. The van der Waals surface area contributed by atoms with Gasteiger partial charge < -0.3 is 16.2 Å². The number of anilines is 1. The molecular weight excluding hydrogens is 218 g/mol.